The van der Waals surface area contributed by atoms with Crippen LogP contribution in [0, 0.1) is 34.5 Å². The van der Waals surface area contributed by atoms with Gasteiger partial charge in [-0.15, -0.1) is 0 Å². The van der Waals surface area contributed by atoms with E-state index in [2.05, 4.69) is 6.92 Å². The molecule has 0 aromatic heterocycles. The highest BCUT2D eigenvalue weighted by Crippen LogP contribution is 2.68. The molecule has 4 rings (SSSR count). The summed E-state index contributed by atoms with van der Waals surface area (Å²) in [6, 6.07) is 0. The molecule has 0 aromatic rings. The van der Waals surface area contributed by atoms with Gasteiger partial charge in [-0.2, -0.15) is 0 Å². The zero-order valence-corrected chi connectivity index (χ0v) is 19.3. The highest BCUT2D eigenvalue weighted by atomic mass is 16.6. The second-order valence-corrected chi connectivity index (χ2v) is 10.4. The number of fused-ring (bicyclic) bond motifs is 5. The van der Waals surface area contributed by atoms with Gasteiger partial charge < -0.3 is 19.7 Å². The Kier molecular flexibility index (Phi) is 5.65. The summed E-state index contributed by atoms with van der Waals surface area (Å²) in [6.45, 7) is 5.73. The first-order valence-corrected chi connectivity index (χ1v) is 11.6. The van der Waals surface area contributed by atoms with E-state index in [1.54, 1.807) is 19.1 Å². The number of allylic oxidation sites excluding steroid dienone is 4. The van der Waals surface area contributed by atoms with Crippen molar-refractivity contribution in [3.63, 3.8) is 0 Å². The lowest BCUT2D eigenvalue weighted by atomic mass is 9.45. The number of carbonyl (C=O) groups excluding carboxylic acids is 3. The van der Waals surface area contributed by atoms with E-state index in [0.717, 1.165) is 18.4 Å². The maximum absolute atomic E-state index is 12.8. The van der Waals surface area contributed by atoms with Crippen LogP contribution in [-0.4, -0.2) is 53.4 Å². The highest BCUT2D eigenvalue weighted by Gasteiger charge is 2.70. The Morgan fingerprint density at radius 2 is 1.97 bits per heavy atom. The first kappa shape index (κ1) is 23.2. The zero-order chi connectivity index (χ0) is 23.5. The number of aliphatic hydroxyl groups is 2. The maximum Gasteiger partial charge on any atom is 0.323 e. The van der Waals surface area contributed by atoms with Crippen LogP contribution in [0.15, 0.2) is 23.8 Å². The van der Waals surface area contributed by atoms with Crippen LogP contribution >= 0.6 is 0 Å². The molecule has 2 N–H and O–H groups in total. The minimum absolute atomic E-state index is 0.0170. The van der Waals surface area contributed by atoms with Gasteiger partial charge in [0.05, 0.1) is 25.4 Å². The van der Waals surface area contributed by atoms with Gasteiger partial charge in [0, 0.05) is 16.7 Å². The molecule has 176 valence electrons. The van der Waals surface area contributed by atoms with Gasteiger partial charge in [-0.1, -0.05) is 25.5 Å². The Labute approximate surface area is 188 Å². The van der Waals surface area contributed by atoms with Crippen LogP contribution in [0.3, 0.4) is 0 Å². The molecule has 3 fully saturated rings. The topological polar surface area (TPSA) is 110 Å². The van der Waals surface area contributed by atoms with E-state index in [-0.39, 0.29) is 43.0 Å². The SMILES string of the molecule is CCOC(=O)[C@@H](C(=O)OC)[C@@]1(O)CC[C@H]2[C@@H]3CCC4=CC(=O)C=C[C@]4(C)[C@H]3[C@@H](O)C[C@@]21C. The number of carbonyl (C=O) groups is 3. The van der Waals surface area contributed by atoms with Crippen molar-refractivity contribution in [1.82, 2.24) is 0 Å². The molecule has 4 aliphatic carbocycles. The molecule has 0 spiro atoms. The summed E-state index contributed by atoms with van der Waals surface area (Å²) in [4.78, 5) is 37.4. The van der Waals surface area contributed by atoms with Crippen molar-refractivity contribution in [2.24, 2.45) is 34.5 Å². The quantitative estimate of drug-likeness (QED) is 0.504. The molecule has 0 aliphatic heterocycles. The van der Waals surface area contributed by atoms with Gasteiger partial charge in [-0.3, -0.25) is 14.4 Å². The highest BCUT2D eigenvalue weighted by molar-refractivity contribution is 6.01. The van der Waals surface area contributed by atoms with Crippen LogP contribution < -0.4 is 0 Å². The first-order valence-electron chi connectivity index (χ1n) is 11.6. The molecular weight excluding hydrogens is 412 g/mol. The summed E-state index contributed by atoms with van der Waals surface area (Å²) < 4.78 is 10.1. The van der Waals surface area contributed by atoms with E-state index < -0.39 is 40.4 Å². The summed E-state index contributed by atoms with van der Waals surface area (Å²) in [6.07, 6.45) is 7.19. The largest absolute Gasteiger partial charge is 0.468 e. The van der Waals surface area contributed by atoms with Crippen molar-refractivity contribution in [2.45, 2.75) is 64.6 Å². The summed E-state index contributed by atoms with van der Waals surface area (Å²) in [5.41, 5.74) is -1.88. The van der Waals surface area contributed by atoms with E-state index in [1.165, 1.54) is 7.11 Å². The molecule has 7 heteroatoms. The minimum Gasteiger partial charge on any atom is -0.468 e. The second-order valence-electron chi connectivity index (χ2n) is 10.4. The number of hydrogen-bond donors (Lipinski definition) is 2. The number of hydrogen-bond acceptors (Lipinski definition) is 7. The fraction of sp³-hybridized carbons (Fsp3) is 0.720. The molecule has 3 saturated carbocycles. The molecule has 0 radical (unpaired) electrons. The molecule has 4 aliphatic rings. The predicted molar refractivity (Wildman–Crippen MR) is 115 cm³/mol. The van der Waals surface area contributed by atoms with Gasteiger partial charge in [0.15, 0.2) is 11.7 Å². The number of esters is 2. The Balaban J connectivity index is 1.73. The molecule has 8 atom stereocenters. The molecule has 0 saturated heterocycles. The van der Waals surface area contributed by atoms with Crippen molar-refractivity contribution in [2.75, 3.05) is 13.7 Å². The summed E-state index contributed by atoms with van der Waals surface area (Å²) in [7, 11) is 1.20. The Bertz CT molecular complexity index is 891. The lowest BCUT2D eigenvalue weighted by Crippen LogP contribution is -2.63. The Hall–Kier alpha value is -1.99. The molecule has 0 bridgehead atoms. The van der Waals surface area contributed by atoms with Crippen LogP contribution in [0.4, 0.5) is 0 Å². The summed E-state index contributed by atoms with van der Waals surface area (Å²) in [5, 5.41) is 23.4. The van der Waals surface area contributed by atoms with Crippen molar-refractivity contribution in [3.05, 3.63) is 23.8 Å². The normalized spacial score (nSPS) is 43.4. The molecule has 0 amide bonds. The predicted octanol–water partition coefficient (Wildman–Crippen LogP) is 2.35. The third-order valence-corrected chi connectivity index (χ3v) is 9.15. The minimum atomic E-state index is -1.67. The fourth-order valence-electron chi connectivity index (χ4n) is 7.67. The summed E-state index contributed by atoms with van der Waals surface area (Å²) >= 11 is 0. The lowest BCUT2D eigenvalue weighted by Gasteiger charge is -2.60. The average molecular weight is 447 g/mol. The van der Waals surface area contributed by atoms with Crippen molar-refractivity contribution in [1.29, 1.82) is 0 Å². The van der Waals surface area contributed by atoms with Gasteiger partial charge >= 0.3 is 11.9 Å². The van der Waals surface area contributed by atoms with E-state index in [1.807, 2.05) is 13.0 Å². The van der Waals surface area contributed by atoms with Gasteiger partial charge in [0.25, 0.3) is 0 Å². The smallest absolute Gasteiger partial charge is 0.323 e. The van der Waals surface area contributed by atoms with Crippen molar-refractivity contribution in [3.8, 4) is 0 Å². The van der Waals surface area contributed by atoms with E-state index in [4.69, 9.17) is 9.47 Å². The number of methoxy groups -OCH3 is 1. The number of rotatable bonds is 4. The van der Waals surface area contributed by atoms with Gasteiger partial charge in [-0.05, 0) is 63.0 Å². The van der Waals surface area contributed by atoms with E-state index in [9.17, 15) is 24.6 Å². The van der Waals surface area contributed by atoms with Crippen molar-refractivity contribution >= 4 is 17.7 Å². The standard InChI is InChI=1S/C25H34O7/c1-5-32-22(29)20(21(28)31-4)25(30)11-9-17-16-7-6-14-12-15(26)8-10-23(14,2)19(16)18(27)13-24(17,25)3/h8,10,12,16-20,27,30H,5-7,9,11,13H2,1-4H3/t16-,17-,18-,19+,20+,23-,24-,25-/m0/s1. The molecule has 0 unspecified atom stereocenters. The third-order valence-electron chi connectivity index (χ3n) is 9.15. The van der Waals surface area contributed by atoms with Gasteiger partial charge in [0.2, 0.25) is 0 Å². The Morgan fingerprint density at radius 1 is 1.25 bits per heavy atom. The molecule has 0 aromatic carbocycles. The molecule has 0 heterocycles. The number of ether oxygens (including phenoxy) is 2. The lowest BCUT2D eigenvalue weighted by molar-refractivity contribution is -0.204. The van der Waals surface area contributed by atoms with E-state index >= 15 is 0 Å². The fourth-order valence-corrected chi connectivity index (χ4v) is 7.67. The van der Waals surface area contributed by atoms with Crippen LogP contribution in [0.2, 0.25) is 0 Å². The number of aliphatic hydroxyl groups excluding tert-OH is 1. The molecule has 32 heavy (non-hydrogen) atoms. The van der Waals surface area contributed by atoms with E-state index in [0.29, 0.717) is 6.42 Å². The summed E-state index contributed by atoms with van der Waals surface area (Å²) in [5.74, 6) is -3.03. The van der Waals surface area contributed by atoms with Crippen LogP contribution in [0.25, 0.3) is 0 Å². The maximum atomic E-state index is 12.8. The third kappa shape index (κ3) is 3.04. The Morgan fingerprint density at radius 3 is 2.62 bits per heavy atom. The monoisotopic (exact) mass is 446 g/mol. The van der Waals surface area contributed by atoms with Crippen LogP contribution in [-0.2, 0) is 23.9 Å². The van der Waals surface area contributed by atoms with Crippen molar-refractivity contribution < 1.29 is 34.1 Å². The average Bonchev–Trinajstić information content (AvgIpc) is 2.99. The number of ketones is 1. The van der Waals surface area contributed by atoms with Crippen LogP contribution in [0.1, 0.15) is 52.9 Å². The first-order chi connectivity index (χ1) is 15.0. The second kappa shape index (κ2) is 7.80. The van der Waals surface area contributed by atoms with Gasteiger partial charge in [0.1, 0.15) is 0 Å². The molecular formula is C25H34O7. The zero-order valence-electron chi connectivity index (χ0n) is 19.3. The van der Waals surface area contributed by atoms with Gasteiger partial charge in [-0.25, -0.2) is 0 Å². The molecule has 7 nitrogen and oxygen atoms in total. The van der Waals surface area contributed by atoms with Crippen LogP contribution in [0.5, 0.6) is 0 Å².